The van der Waals surface area contributed by atoms with E-state index in [1.165, 1.54) is 24.0 Å². The molecule has 1 heterocycles. The number of ketones is 1. The molecule has 0 aliphatic carbocycles. The van der Waals surface area contributed by atoms with E-state index >= 15 is 0 Å². The predicted octanol–water partition coefficient (Wildman–Crippen LogP) is 4.03. The Bertz CT molecular complexity index is 506. The van der Waals surface area contributed by atoms with Crippen molar-refractivity contribution in [1.29, 1.82) is 0 Å². The molecule has 1 atom stereocenters. The number of carbonyl (C=O) groups excluding carboxylic acids is 1. The van der Waals surface area contributed by atoms with Gasteiger partial charge in [0.1, 0.15) is 0 Å². The summed E-state index contributed by atoms with van der Waals surface area (Å²) in [5, 5.41) is 0. The van der Waals surface area contributed by atoms with Crippen LogP contribution in [0.2, 0.25) is 0 Å². The van der Waals surface area contributed by atoms with Crippen molar-refractivity contribution in [2.24, 2.45) is 0 Å². The van der Waals surface area contributed by atoms with Gasteiger partial charge in [-0.1, -0.05) is 18.2 Å². The van der Waals surface area contributed by atoms with Gasteiger partial charge in [0, 0.05) is 24.7 Å². The van der Waals surface area contributed by atoms with E-state index < -0.39 is 0 Å². The molecule has 21 heavy (non-hydrogen) atoms. The summed E-state index contributed by atoms with van der Waals surface area (Å²) >= 11 is 0. The standard InChI is InChI=1S/C19H27NO/c1-4-5-6-7-15(2)20-12-10-17-8-9-18(16(3)21)14-19(17)11-13-20/h4,8-9,14-15H,1,5-7,10-13H2,2-3H3. The fraction of sp³-hybridized carbons (Fsp3) is 0.526. The molecule has 0 bridgehead atoms. The summed E-state index contributed by atoms with van der Waals surface area (Å²) in [7, 11) is 0. The molecule has 1 unspecified atom stereocenters. The van der Waals surface area contributed by atoms with Crippen LogP contribution in [0.25, 0.3) is 0 Å². The number of nitrogens with zero attached hydrogens (tertiary/aromatic N) is 1. The van der Waals surface area contributed by atoms with Gasteiger partial charge in [0.2, 0.25) is 0 Å². The number of carbonyl (C=O) groups is 1. The van der Waals surface area contributed by atoms with Crippen molar-refractivity contribution in [3.05, 3.63) is 47.5 Å². The number of benzene rings is 1. The first kappa shape index (κ1) is 16.0. The van der Waals surface area contributed by atoms with Crippen LogP contribution in [0.3, 0.4) is 0 Å². The molecule has 0 amide bonds. The zero-order valence-corrected chi connectivity index (χ0v) is 13.4. The molecule has 2 nitrogen and oxygen atoms in total. The minimum Gasteiger partial charge on any atom is -0.300 e. The van der Waals surface area contributed by atoms with E-state index in [1.54, 1.807) is 6.92 Å². The van der Waals surface area contributed by atoms with Crippen molar-refractivity contribution in [2.75, 3.05) is 13.1 Å². The molecule has 114 valence electrons. The summed E-state index contributed by atoms with van der Waals surface area (Å²) < 4.78 is 0. The van der Waals surface area contributed by atoms with Gasteiger partial charge in [-0.15, -0.1) is 6.58 Å². The van der Waals surface area contributed by atoms with Crippen molar-refractivity contribution >= 4 is 5.78 Å². The van der Waals surface area contributed by atoms with Gasteiger partial charge in [-0.05, 0) is 63.1 Å². The third-order valence-corrected chi connectivity index (χ3v) is 4.60. The molecular formula is C19H27NO. The fourth-order valence-electron chi connectivity index (χ4n) is 3.14. The van der Waals surface area contributed by atoms with Crippen LogP contribution in [0.4, 0.5) is 0 Å². The van der Waals surface area contributed by atoms with E-state index in [1.807, 2.05) is 12.1 Å². The summed E-state index contributed by atoms with van der Waals surface area (Å²) in [5.74, 6) is 0.164. The van der Waals surface area contributed by atoms with Gasteiger partial charge in [0.25, 0.3) is 0 Å². The molecule has 0 N–H and O–H groups in total. The lowest BCUT2D eigenvalue weighted by molar-refractivity contribution is 0.101. The first-order valence-corrected chi connectivity index (χ1v) is 8.09. The average Bonchev–Trinajstić information content (AvgIpc) is 2.69. The Kier molecular flexibility index (Phi) is 5.75. The molecule has 0 fully saturated rings. The topological polar surface area (TPSA) is 20.3 Å². The van der Waals surface area contributed by atoms with Crippen molar-refractivity contribution < 1.29 is 4.79 Å². The SMILES string of the molecule is C=CCCCC(C)N1CCc2ccc(C(C)=O)cc2CC1. The van der Waals surface area contributed by atoms with Gasteiger partial charge in [0.05, 0.1) is 0 Å². The fourth-order valence-corrected chi connectivity index (χ4v) is 3.14. The maximum atomic E-state index is 11.5. The van der Waals surface area contributed by atoms with Gasteiger partial charge < -0.3 is 4.90 Å². The summed E-state index contributed by atoms with van der Waals surface area (Å²) in [6.07, 6.45) is 7.74. The Labute approximate surface area is 128 Å². The van der Waals surface area contributed by atoms with E-state index in [9.17, 15) is 4.79 Å². The van der Waals surface area contributed by atoms with Crippen molar-refractivity contribution in [3.63, 3.8) is 0 Å². The average molecular weight is 285 g/mol. The van der Waals surface area contributed by atoms with E-state index in [4.69, 9.17) is 0 Å². The van der Waals surface area contributed by atoms with Gasteiger partial charge in [-0.2, -0.15) is 0 Å². The molecule has 1 aromatic carbocycles. The lowest BCUT2D eigenvalue weighted by atomic mass is 9.99. The van der Waals surface area contributed by atoms with E-state index in [-0.39, 0.29) is 5.78 Å². The second kappa shape index (κ2) is 7.56. The predicted molar refractivity (Wildman–Crippen MR) is 88.9 cm³/mol. The highest BCUT2D eigenvalue weighted by Crippen LogP contribution is 2.20. The van der Waals surface area contributed by atoms with Gasteiger partial charge in [0.15, 0.2) is 5.78 Å². The van der Waals surface area contributed by atoms with E-state index in [0.29, 0.717) is 6.04 Å². The number of fused-ring (bicyclic) bond motifs is 1. The second-order valence-corrected chi connectivity index (χ2v) is 6.14. The Hall–Kier alpha value is -1.41. The normalized spacial score (nSPS) is 16.9. The first-order valence-electron chi connectivity index (χ1n) is 8.09. The number of unbranched alkanes of at least 4 members (excludes halogenated alkanes) is 1. The van der Waals surface area contributed by atoms with Crippen LogP contribution >= 0.6 is 0 Å². The van der Waals surface area contributed by atoms with Gasteiger partial charge in [-0.3, -0.25) is 4.79 Å². The third kappa shape index (κ3) is 4.28. The zero-order chi connectivity index (χ0) is 15.2. The number of hydrogen-bond acceptors (Lipinski definition) is 2. The van der Waals surface area contributed by atoms with E-state index in [0.717, 1.165) is 37.9 Å². The maximum absolute atomic E-state index is 11.5. The lowest BCUT2D eigenvalue weighted by Crippen LogP contribution is -2.35. The van der Waals surface area contributed by atoms with Crippen LogP contribution in [0.15, 0.2) is 30.9 Å². The zero-order valence-electron chi connectivity index (χ0n) is 13.4. The van der Waals surface area contributed by atoms with Crippen LogP contribution < -0.4 is 0 Å². The number of rotatable bonds is 6. The van der Waals surface area contributed by atoms with Crippen LogP contribution in [-0.4, -0.2) is 29.8 Å². The summed E-state index contributed by atoms with van der Waals surface area (Å²) in [6, 6.07) is 6.86. The summed E-state index contributed by atoms with van der Waals surface area (Å²) in [5.41, 5.74) is 3.63. The minimum atomic E-state index is 0.164. The third-order valence-electron chi connectivity index (χ3n) is 4.60. The molecule has 0 aromatic heterocycles. The number of allylic oxidation sites excluding steroid dienone is 1. The van der Waals surface area contributed by atoms with E-state index in [2.05, 4.69) is 30.5 Å². The van der Waals surface area contributed by atoms with Crippen LogP contribution in [0, 0.1) is 0 Å². The first-order chi connectivity index (χ1) is 10.1. The lowest BCUT2D eigenvalue weighted by Gasteiger charge is -2.27. The maximum Gasteiger partial charge on any atom is 0.159 e. The highest BCUT2D eigenvalue weighted by atomic mass is 16.1. The molecule has 0 radical (unpaired) electrons. The molecule has 1 aliphatic rings. The monoisotopic (exact) mass is 285 g/mol. The Balaban J connectivity index is 1.99. The second-order valence-electron chi connectivity index (χ2n) is 6.14. The Morgan fingerprint density at radius 1 is 1.33 bits per heavy atom. The smallest absolute Gasteiger partial charge is 0.159 e. The molecule has 0 saturated heterocycles. The highest BCUT2D eigenvalue weighted by molar-refractivity contribution is 5.94. The molecule has 0 spiro atoms. The van der Waals surface area contributed by atoms with Crippen LogP contribution in [0.1, 0.15) is 54.6 Å². The number of hydrogen-bond donors (Lipinski definition) is 0. The van der Waals surface area contributed by atoms with Crippen molar-refractivity contribution in [3.8, 4) is 0 Å². The largest absolute Gasteiger partial charge is 0.300 e. The van der Waals surface area contributed by atoms with Crippen LogP contribution in [-0.2, 0) is 12.8 Å². The molecule has 2 rings (SSSR count). The molecular weight excluding hydrogens is 258 g/mol. The Morgan fingerprint density at radius 2 is 2.05 bits per heavy atom. The van der Waals surface area contributed by atoms with Gasteiger partial charge >= 0.3 is 0 Å². The molecule has 2 heteroatoms. The molecule has 0 saturated carbocycles. The Morgan fingerprint density at radius 3 is 2.71 bits per heavy atom. The van der Waals surface area contributed by atoms with Gasteiger partial charge in [-0.25, -0.2) is 0 Å². The summed E-state index contributed by atoms with van der Waals surface area (Å²) in [6.45, 7) is 10.00. The number of Topliss-reactive ketones (excluding diaryl/α,β-unsaturated/α-hetero) is 1. The quantitative estimate of drug-likeness (QED) is 0.447. The van der Waals surface area contributed by atoms with Crippen LogP contribution in [0.5, 0.6) is 0 Å². The van der Waals surface area contributed by atoms with Crippen molar-refractivity contribution in [2.45, 2.75) is 52.0 Å². The molecule has 1 aromatic rings. The summed E-state index contributed by atoms with van der Waals surface area (Å²) in [4.78, 5) is 14.1. The highest BCUT2D eigenvalue weighted by Gasteiger charge is 2.18. The van der Waals surface area contributed by atoms with Crippen molar-refractivity contribution in [1.82, 2.24) is 4.90 Å². The molecule has 1 aliphatic heterocycles. The minimum absolute atomic E-state index is 0.164.